The lowest BCUT2D eigenvalue weighted by Crippen LogP contribution is -2.22. The molecule has 10 aromatic heterocycles. The second-order valence-electron chi connectivity index (χ2n) is 38.0. The molecule has 6 aromatic carbocycles. The minimum Gasteiger partial charge on any atom is -0.326 e. The van der Waals surface area contributed by atoms with Gasteiger partial charge in [0.15, 0.2) is 57.9 Å². The molecule has 22 nitrogen and oxygen atoms in total. The van der Waals surface area contributed by atoms with Gasteiger partial charge in [-0.05, 0) is 284 Å². The Morgan fingerprint density at radius 2 is 0.632 bits per heavy atom. The molecule has 10 heterocycles. The number of thiophene rings is 4. The van der Waals surface area contributed by atoms with E-state index in [1.165, 1.54) is 41.4 Å². The number of carbonyl (C=O) groups is 10. The number of anilines is 2. The van der Waals surface area contributed by atoms with E-state index in [0.29, 0.717) is 103 Å². The largest absolute Gasteiger partial charge is 0.326 e. The maximum Gasteiger partial charge on any atom is 0.221 e. The van der Waals surface area contributed by atoms with Crippen molar-refractivity contribution in [1.29, 1.82) is 0 Å². The van der Waals surface area contributed by atoms with Crippen molar-refractivity contribution < 1.29 is 47.9 Å². The predicted octanol–water partition coefficient (Wildman–Crippen LogP) is 28.0. The van der Waals surface area contributed by atoms with Crippen molar-refractivity contribution in [2.75, 3.05) is 10.6 Å². The van der Waals surface area contributed by atoms with Crippen molar-refractivity contribution >= 4 is 159 Å². The fourth-order valence-corrected chi connectivity index (χ4v) is 24.3. The van der Waals surface area contributed by atoms with Gasteiger partial charge in [0.05, 0.1) is 84.8 Å². The third kappa shape index (κ3) is 23.1. The Hall–Kier alpha value is -14.3. The molecule has 2 N–H and O–H groups in total. The molecule has 16 aromatic rings. The molecule has 732 valence electrons. The molecule has 0 unspecified atom stereocenters. The fraction of sp³-hybridized carbons (Fsp3) is 0.322. The standard InChI is InChI=1S/C32H31N3O3S.C31H33N3O3S.C28H25N3O2S.C27H27N3O2S/c1-4-24-14-16-31(39-24)30(38)18-21-9-8-10-23(17-21)35-28-15-13-22(29(37)5-2)19-27(28)34-32(35)25-11-6-7-12-26(25)33-20(3)36;1-4-28(36)22-13-14-27-26(18-22)33-31(24-10-5-6-11-25(24)32-20(3)35)34(27)23-9-7-8-21(16-23)17-29(37)30-15-12-19(2)38-30;1-3-21-11-13-27(34-21)26(33)16-18-8-10-20(15-18)31-24-12-9-19(25(32)4-2)17-23(24)30-28(31)22-7-5-6-14-29-22;1-3-24(31)19-9-11-23-22(16-19)29-27(21-6-4-5-13-28-21)30(23)20-10-8-18(14-20)15-25(32)26-12-7-17(2)33-26/h1,6-7,11-16,19,21,23H,5,8-10,17-18H2,2-3H3,(H,33,36);5-6,10-15,18,21,23H,4,7-9,16-17H2,1-3H3,(H,32,35);1,5-7,9,11-14,17-18,20H,4,8,10,15-16H2,2H3;4-7,9,11-13,16,18,20H,3,8,10,14-15H2,1-2H3/t2*21-,23+;2*18-,20+/m1111/s1. The predicted molar refractivity (Wildman–Crippen MR) is 577 cm³/mol. The highest BCUT2D eigenvalue weighted by molar-refractivity contribution is 7.15. The summed E-state index contributed by atoms with van der Waals surface area (Å²) in [6.07, 6.45) is 32.0. The third-order valence-corrected chi connectivity index (χ3v) is 32.2. The number of fused-ring (bicyclic) bond motifs is 4. The summed E-state index contributed by atoms with van der Waals surface area (Å²) in [5.74, 6) is 10.5. The molecule has 4 saturated carbocycles. The smallest absolute Gasteiger partial charge is 0.221 e. The molecule has 4 fully saturated rings. The van der Waals surface area contributed by atoms with Gasteiger partial charge in [0.25, 0.3) is 0 Å². The van der Waals surface area contributed by atoms with Crippen molar-refractivity contribution in [1.82, 2.24) is 48.2 Å². The number of aromatic nitrogens is 10. The summed E-state index contributed by atoms with van der Waals surface area (Å²) in [5.41, 5.74) is 14.5. The first kappa shape index (κ1) is 101. The maximum atomic E-state index is 13.1. The van der Waals surface area contributed by atoms with Crippen molar-refractivity contribution in [2.45, 2.75) is 221 Å². The number of Topliss-reactive ketones (excluding diaryl/α,β-unsaturated/α-hetero) is 8. The zero-order chi connectivity index (χ0) is 101. The number of hydrogen-bond donors (Lipinski definition) is 2. The maximum absolute atomic E-state index is 13.1. The highest BCUT2D eigenvalue weighted by Gasteiger charge is 2.37. The lowest BCUT2D eigenvalue weighted by molar-refractivity contribution is -0.115. The number of imidazole rings is 4. The fourth-order valence-electron chi connectivity index (χ4n) is 21.1. The second kappa shape index (κ2) is 46.0. The molecule has 0 bridgehead atoms. The number of aryl methyl sites for hydroxylation is 2. The molecule has 0 spiro atoms. The summed E-state index contributed by atoms with van der Waals surface area (Å²) in [6.45, 7) is 14.5. The highest BCUT2D eigenvalue weighted by Crippen LogP contribution is 2.48. The number of ketones is 8. The summed E-state index contributed by atoms with van der Waals surface area (Å²) in [7, 11) is 0. The number of terminal acetylenes is 2. The molecule has 0 saturated heterocycles. The van der Waals surface area contributed by atoms with Gasteiger partial charge in [-0.15, -0.1) is 58.2 Å². The van der Waals surface area contributed by atoms with Crippen LogP contribution in [0.2, 0.25) is 0 Å². The Kier molecular flexibility index (Phi) is 32.3. The van der Waals surface area contributed by atoms with Crippen LogP contribution in [0.1, 0.15) is 307 Å². The van der Waals surface area contributed by atoms with E-state index in [-0.39, 0.29) is 88.2 Å². The lowest BCUT2D eigenvalue weighted by atomic mass is 9.82. The second-order valence-corrected chi connectivity index (χ2v) is 42.8. The van der Waals surface area contributed by atoms with Crippen LogP contribution >= 0.6 is 45.3 Å². The van der Waals surface area contributed by atoms with E-state index in [9.17, 15) is 47.9 Å². The third-order valence-electron chi connectivity index (χ3n) is 28.0. The van der Waals surface area contributed by atoms with Crippen molar-refractivity contribution in [2.24, 2.45) is 23.7 Å². The number of carbonyl (C=O) groups excluding carboxylic acids is 10. The van der Waals surface area contributed by atoms with Crippen LogP contribution in [-0.2, 0) is 9.59 Å². The first-order chi connectivity index (χ1) is 69.8. The van der Waals surface area contributed by atoms with Crippen LogP contribution in [0.25, 0.3) is 89.9 Å². The van der Waals surface area contributed by atoms with Gasteiger partial charge in [0.2, 0.25) is 11.8 Å². The van der Waals surface area contributed by atoms with E-state index in [0.717, 1.165) is 214 Å². The van der Waals surface area contributed by atoms with E-state index < -0.39 is 0 Å². The Balaban J connectivity index is 0.000000132. The summed E-state index contributed by atoms with van der Waals surface area (Å²) < 4.78 is 9.10. The van der Waals surface area contributed by atoms with Crippen LogP contribution in [0.15, 0.2) is 219 Å². The number of amides is 2. The molecule has 0 radical (unpaired) electrons. The number of rotatable bonds is 30. The first-order valence-electron chi connectivity index (χ1n) is 50.0. The Bertz CT molecular complexity index is 7630. The highest BCUT2D eigenvalue weighted by atomic mass is 32.1. The molecular weight excluding hydrogens is 1870 g/mol. The van der Waals surface area contributed by atoms with Crippen LogP contribution in [0.3, 0.4) is 0 Å². The molecule has 8 atom stereocenters. The van der Waals surface area contributed by atoms with Gasteiger partial charge in [-0.3, -0.25) is 57.9 Å². The molecule has 2 amide bonds. The number of benzene rings is 6. The van der Waals surface area contributed by atoms with Gasteiger partial charge < -0.3 is 28.9 Å². The van der Waals surface area contributed by atoms with E-state index in [4.69, 9.17) is 32.8 Å². The monoisotopic (exact) mass is 1990 g/mol. The quantitative estimate of drug-likeness (QED) is 0.0312. The van der Waals surface area contributed by atoms with Gasteiger partial charge >= 0.3 is 0 Å². The van der Waals surface area contributed by atoms with Crippen LogP contribution in [-0.4, -0.2) is 106 Å². The topological polar surface area (TPSA) is 292 Å². The van der Waals surface area contributed by atoms with Crippen molar-refractivity contribution in [3.63, 3.8) is 0 Å². The summed E-state index contributed by atoms with van der Waals surface area (Å²) in [5, 5.41) is 5.89. The van der Waals surface area contributed by atoms with E-state index >= 15 is 0 Å². The summed E-state index contributed by atoms with van der Waals surface area (Å²) in [6, 6.07) is 66.1. The van der Waals surface area contributed by atoms with Gasteiger partial charge in [0, 0.05) is 145 Å². The number of nitrogens with zero attached hydrogens (tertiary/aromatic N) is 10. The van der Waals surface area contributed by atoms with Crippen LogP contribution < -0.4 is 10.6 Å². The molecule has 0 aliphatic heterocycles. The Labute approximate surface area is 854 Å². The van der Waals surface area contributed by atoms with E-state index in [1.807, 2.05) is 248 Å². The van der Waals surface area contributed by atoms with Gasteiger partial charge in [-0.25, -0.2) is 19.9 Å². The molecular formula is C118H116N12O10S4. The molecule has 26 heteroatoms. The number of pyridine rings is 2. The average Bonchev–Trinajstić information content (AvgIpc) is 1.62. The van der Waals surface area contributed by atoms with Gasteiger partial charge in [-0.2, -0.15) is 0 Å². The zero-order valence-corrected chi connectivity index (χ0v) is 85.6. The first-order valence-corrected chi connectivity index (χ1v) is 53.2. The Morgan fingerprint density at radius 1 is 0.333 bits per heavy atom. The van der Waals surface area contributed by atoms with Crippen LogP contribution in [0, 0.1) is 62.2 Å². The Morgan fingerprint density at radius 3 is 0.931 bits per heavy atom. The molecule has 20 rings (SSSR count). The zero-order valence-electron chi connectivity index (χ0n) is 82.3. The summed E-state index contributed by atoms with van der Waals surface area (Å²) in [4.78, 5) is 161. The van der Waals surface area contributed by atoms with Gasteiger partial charge in [0.1, 0.15) is 23.0 Å². The SMILES string of the molecule is C#Cc1ccc(C(=O)C[C@@H]2CCC[C@H](n3c(-c4ccccc4NC(C)=O)nc4cc(C(=O)CC)ccc43)C2)s1.C#Cc1ccc(C(=O)C[C@@H]2CC[C@H](n3c(-c4ccccn4)nc4cc(C(=O)CC)ccc43)C2)s1.CCC(=O)c1ccc2c(c1)nc(-c1ccccc1NC(C)=O)n2[C@H]1CCC[C@@H](CC(=O)c2ccc(C)s2)C1.CCC(=O)c1ccc2c(c1)nc(-c1ccccn1)n2[C@H]1CC[C@@H](CC(=O)c2ccc(C)s2)C1. The number of hydrogen-bond acceptors (Lipinski definition) is 20. The van der Waals surface area contributed by atoms with Crippen LogP contribution in [0.4, 0.5) is 11.4 Å². The van der Waals surface area contributed by atoms with Crippen molar-refractivity contribution in [3.05, 3.63) is 280 Å². The van der Waals surface area contributed by atoms with Gasteiger partial charge in [-0.1, -0.05) is 88.8 Å². The number of para-hydroxylation sites is 2. The minimum atomic E-state index is -0.154. The van der Waals surface area contributed by atoms with Crippen molar-refractivity contribution in [3.8, 4) is 70.5 Å². The van der Waals surface area contributed by atoms with E-state index in [2.05, 4.69) is 50.7 Å². The summed E-state index contributed by atoms with van der Waals surface area (Å²) >= 11 is 5.93. The molecule has 144 heavy (non-hydrogen) atoms. The average molecular weight is 1990 g/mol. The lowest BCUT2D eigenvalue weighted by Gasteiger charge is -2.31. The normalized spacial score (nSPS) is 17.5. The van der Waals surface area contributed by atoms with E-state index in [1.54, 1.807) is 35.1 Å². The minimum absolute atomic E-state index is 0.0736. The number of nitrogens with one attached hydrogen (secondary N) is 2. The van der Waals surface area contributed by atoms with Crippen LogP contribution in [0.5, 0.6) is 0 Å². The molecule has 4 aliphatic rings. The molecule has 4 aliphatic carbocycles.